The molecule has 0 aromatic heterocycles. The Morgan fingerprint density at radius 2 is 1.85 bits per heavy atom. The maximum atomic E-state index is 13.1. The molecule has 1 aliphatic heterocycles. The van der Waals surface area contributed by atoms with Crippen LogP contribution in [-0.4, -0.2) is 45.2 Å². The molecule has 0 bridgehead atoms. The minimum absolute atomic E-state index is 0.0101. The van der Waals surface area contributed by atoms with Gasteiger partial charge < -0.3 is 19.9 Å². The van der Waals surface area contributed by atoms with E-state index in [1.54, 1.807) is 19.2 Å². The van der Waals surface area contributed by atoms with Crippen LogP contribution in [-0.2, 0) is 4.79 Å². The number of rotatable bonds is 5. The third kappa shape index (κ3) is 4.57. The van der Waals surface area contributed by atoms with E-state index in [0.717, 1.165) is 37.4 Å². The Hall–Kier alpha value is -2.60. The molecule has 1 atom stereocenters. The van der Waals surface area contributed by atoms with Gasteiger partial charge in [0.05, 0.1) is 39.0 Å². The van der Waals surface area contributed by atoms with E-state index in [-0.39, 0.29) is 17.8 Å². The van der Waals surface area contributed by atoms with Gasteiger partial charge >= 0.3 is 0 Å². The van der Waals surface area contributed by atoms with Crippen molar-refractivity contribution in [2.24, 2.45) is 0 Å². The first-order valence-corrected chi connectivity index (χ1v) is 9.28. The van der Waals surface area contributed by atoms with Crippen molar-refractivity contribution in [1.82, 2.24) is 0 Å². The second-order valence-corrected chi connectivity index (χ2v) is 7.04. The van der Waals surface area contributed by atoms with Crippen molar-refractivity contribution in [3.63, 3.8) is 0 Å². The van der Waals surface area contributed by atoms with Gasteiger partial charge in [-0.15, -0.1) is 0 Å². The van der Waals surface area contributed by atoms with Gasteiger partial charge in [0.25, 0.3) is 5.91 Å². The van der Waals surface area contributed by atoms with Crippen molar-refractivity contribution in [3.8, 4) is 5.75 Å². The number of quaternary nitrogens is 1. The fourth-order valence-corrected chi connectivity index (χ4v) is 3.48. The predicted octanol–water partition coefficient (Wildman–Crippen LogP) is 1.87. The largest absolute Gasteiger partial charge is 0.495 e. The topological polar surface area (TPSA) is 46.0 Å². The van der Waals surface area contributed by atoms with E-state index >= 15 is 0 Å². The average Bonchev–Trinajstić information content (AvgIpc) is 2.68. The number of hydrogen-bond acceptors (Lipinski definition) is 3. The Kier molecular flexibility index (Phi) is 5.96. The minimum atomic E-state index is -0.222. The zero-order chi connectivity index (χ0) is 19.4. The first-order chi connectivity index (χ1) is 13.0. The van der Waals surface area contributed by atoms with Crippen LogP contribution < -0.4 is 19.9 Å². The minimum Gasteiger partial charge on any atom is -0.495 e. The van der Waals surface area contributed by atoms with Crippen LogP contribution in [0.3, 0.4) is 0 Å². The highest BCUT2D eigenvalue weighted by molar-refractivity contribution is 5.95. The molecule has 1 amide bonds. The highest BCUT2D eigenvalue weighted by atomic mass is 19.1. The lowest BCUT2D eigenvalue weighted by molar-refractivity contribution is -0.914. The summed E-state index contributed by atoms with van der Waals surface area (Å²) < 4.78 is 18.4. The Balaban J connectivity index is 1.58. The summed E-state index contributed by atoms with van der Waals surface area (Å²) in [6.45, 7) is 7.34. The number of nitrogens with one attached hydrogen (secondary N) is 2. The van der Waals surface area contributed by atoms with Crippen molar-refractivity contribution in [3.05, 3.63) is 53.8 Å². The summed E-state index contributed by atoms with van der Waals surface area (Å²) in [4.78, 5) is 16.2. The molecule has 0 aliphatic carbocycles. The lowest BCUT2D eigenvalue weighted by Gasteiger charge is -2.36. The molecular formula is C21H27FN3O2+. The van der Waals surface area contributed by atoms with Crippen LogP contribution in [0.2, 0.25) is 0 Å². The average molecular weight is 372 g/mol. The number of ether oxygens (including phenoxy) is 1. The standard InChI is InChI=1S/C21H26FN3O2/c1-15-4-9-20(27-3)19(14-15)23-21(26)16(2)24-10-12-25(13-11-24)18-7-5-17(22)6-8-18/h4-9,14,16H,10-13H2,1-3H3,(H,23,26)/p+1/t16-/m0/s1. The molecule has 0 unspecified atom stereocenters. The van der Waals surface area contributed by atoms with Gasteiger partial charge in [0.15, 0.2) is 6.04 Å². The quantitative estimate of drug-likeness (QED) is 0.842. The third-order valence-electron chi connectivity index (χ3n) is 5.22. The Morgan fingerprint density at radius 3 is 2.48 bits per heavy atom. The maximum Gasteiger partial charge on any atom is 0.282 e. The normalized spacial score (nSPS) is 16.1. The third-order valence-corrected chi connectivity index (χ3v) is 5.22. The van der Waals surface area contributed by atoms with Crippen LogP contribution in [0.5, 0.6) is 5.75 Å². The number of piperazine rings is 1. The lowest BCUT2D eigenvalue weighted by Crippen LogP contribution is -3.19. The summed E-state index contributed by atoms with van der Waals surface area (Å²) in [6, 6.07) is 12.2. The first-order valence-electron chi connectivity index (χ1n) is 9.28. The lowest BCUT2D eigenvalue weighted by atomic mass is 10.1. The SMILES string of the molecule is COc1ccc(C)cc1NC(=O)[C@H](C)[NH+]1CCN(c2ccc(F)cc2)CC1. The molecule has 0 radical (unpaired) electrons. The number of hydrogen-bond donors (Lipinski definition) is 2. The molecule has 144 valence electrons. The summed E-state index contributed by atoms with van der Waals surface area (Å²) in [5.74, 6) is 0.432. The van der Waals surface area contributed by atoms with Gasteiger partial charge in [0.2, 0.25) is 0 Å². The van der Waals surface area contributed by atoms with Gasteiger partial charge in [-0.25, -0.2) is 4.39 Å². The van der Waals surface area contributed by atoms with Crippen molar-refractivity contribution >= 4 is 17.3 Å². The molecule has 0 spiro atoms. The maximum absolute atomic E-state index is 13.1. The van der Waals surface area contributed by atoms with Crippen LogP contribution in [0.1, 0.15) is 12.5 Å². The second kappa shape index (κ2) is 8.39. The van der Waals surface area contributed by atoms with E-state index in [1.165, 1.54) is 17.0 Å². The van der Waals surface area contributed by atoms with Crippen LogP contribution in [0.15, 0.2) is 42.5 Å². The number of carbonyl (C=O) groups excluding carboxylic acids is 1. The van der Waals surface area contributed by atoms with Gasteiger partial charge in [-0.05, 0) is 55.8 Å². The van der Waals surface area contributed by atoms with Crippen molar-refractivity contribution in [2.45, 2.75) is 19.9 Å². The highest BCUT2D eigenvalue weighted by Crippen LogP contribution is 2.25. The molecule has 1 aliphatic rings. The van der Waals surface area contributed by atoms with E-state index in [9.17, 15) is 9.18 Å². The Bertz CT molecular complexity index is 787. The number of amides is 1. The zero-order valence-electron chi connectivity index (χ0n) is 16.1. The van der Waals surface area contributed by atoms with Gasteiger partial charge in [-0.1, -0.05) is 6.07 Å². The molecule has 1 heterocycles. The molecular weight excluding hydrogens is 345 g/mol. The fraction of sp³-hybridized carbons (Fsp3) is 0.381. The van der Waals surface area contributed by atoms with Crippen LogP contribution in [0.25, 0.3) is 0 Å². The number of aryl methyl sites for hydroxylation is 1. The molecule has 1 saturated heterocycles. The number of halogens is 1. The molecule has 2 aromatic rings. The van der Waals surface area contributed by atoms with Gasteiger partial charge in [-0.2, -0.15) is 0 Å². The van der Waals surface area contributed by atoms with E-state index < -0.39 is 0 Å². The van der Waals surface area contributed by atoms with E-state index in [2.05, 4.69) is 10.2 Å². The van der Waals surface area contributed by atoms with Crippen LogP contribution in [0.4, 0.5) is 15.8 Å². The molecule has 0 saturated carbocycles. The van der Waals surface area contributed by atoms with Crippen LogP contribution in [0, 0.1) is 12.7 Å². The van der Waals surface area contributed by atoms with Gasteiger partial charge in [0.1, 0.15) is 11.6 Å². The fourth-order valence-electron chi connectivity index (χ4n) is 3.48. The monoisotopic (exact) mass is 372 g/mol. The summed E-state index contributed by atoms with van der Waals surface area (Å²) in [5.41, 5.74) is 2.80. The zero-order valence-corrected chi connectivity index (χ0v) is 16.1. The molecule has 1 fully saturated rings. The summed E-state index contributed by atoms with van der Waals surface area (Å²) in [5, 5.41) is 3.01. The first kappa shape index (κ1) is 19.2. The second-order valence-electron chi connectivity index (χ2n) is 7.04. The predicted molar refractivity (Wildman–Crippen MR) is 105 cm³/mol. The number of anilines is 2. The molecule has 6 heteroatoms. The molecule has 5 nitrogen and oxygen atoms in total. The number of nitrogens with zero attached hydrogens (tertiary/aromatic N) is 1. The molecule has 27 heavy (non-hydrogen) atoms. The van der Waals surface area contributed by atoms with E-state index in [4.69, 9.17) is 4.74 Å². The summed E-state index contributed by atoms with van der Waals surface area (Å²) >= 11 is 0. The van der Waals surface area contributed by atoms with Crippen molar-refractivity contribution in [2.75, 3.05) is 43.5 Å². The molecule has 2 aromatic carbocycles. The van der Waals surface area contributed by atoms with E-state index in [0.29, 0.717) is 11.4 Å². The smallest absolute Gasteiger partial charge is 0.282 e. The van der Waals surface area contributed by atoms with Gasteiger partial charge in [-0.3, -0.25) is 4.79 Å². The highest BCUT2D eigenvalue weighted by Gasteiger charge is 2.29. The summed E-state index contributed by atoms with van der Waals surface area (Å²) in [6.07, 6.45) is 0. The van der Waals surface area contributed by atoms with Crippen LogP contribution >= 0.6 is 0 Å². The van der Waals surface area contributed by atoms with Gasteiger partial charge in [0, 0.05) is 5.69 Å². The Labute approximate surface area is 159 Å². The van der Waals surface area contributed by atoms with Crippen molar-refractivity contribution in [1.29, 1.82) is 0 Å². The number of benzene rings is 2. The van der Waals surface area contributed by atoms with E-state index in [1.807, 2.05) is 32.0 Å². The number of methoxy groups -OCH3 is 1. The molecule has 3 rings (SSSR count). The summed E-state index contributed by atoms with van der Waals surface area (Å²) in [7, 11) is 1.60. The number of carbonyl (C=O) groups is 1. The molecule has 2 N–H and O–H groups in total. The van der Waals surface area contributed by atoms with Crippen molar-refractivity contribution < 1.29 is 18.8 Å². The Morgan fingerprint density at radius 1 is 1.19 bits per heavy atom.